The van der Waals surface area contributed by atoms with E-state index in [0.29, 0.717) is 53.3 Å². The van der Waals surface area contributed by atoms with Crippen LogP contribution in [0.2, 0.25) is 0 Å². The van der Waals surface area contributed by atoms with E-state index in [9.17, 15) is 4.79 Å². The molecule has 8 nitrogen and oxygen atoms in total. The average molecular weight is 365 g/mol. The highest BCUT2D eigenvalue weighted by Gasteiger charge is 2.17. The quantitative estimate of drug-likeness (QED) is 0.741. The molecule has 27 heavy (non-hydrogen) atoms. The minimum Gasteiger partial charge on any atom is -0.486 e. The highest BCUT2D eigenvalue weighted by Crippen LogP contribution is 2.36. The fourth-order valence-corrected chi connectivity index (χ4v) is 2.96. The van der Waals surface area contributed by atoms with E-state index in [1.807, 2.05) is 18.2 Å². The first-order chi connectivity index (χ1) is 13.3. The largest absolute Gasteiger partial charge is 0.486 e. The zero-order valence-corrected chi connectivity index (χ0v) is 14.2. The van der Waals surface area contributed by atoms with Crippen molar-refractivity contribution in [2.45, 2.75) is 0 Å². The topological polar surface area (TPSA) is 94.7 Å². The maximum atomic E-state index is 12.5. The molecule has 0 fully saturated rings. The number of rotatable bonds is 3. The van der Waals surface area contributed by atoms with Crippen LogP contribution in [0.1, 0.15) is 10.5 Å². The van der Waals surface area contributed by atoms with E-state index in [1.165, 1.54) is 0 Å². The summed E-state index contributed by atoms with van der Waals surface area (Å²) in [6, 6.07) is 12.5. The van der Waals surface area contributed by atoms with Crippen molar-refractivity contribution in [2.24, 2.45) is 0 Å². The Bertz CT molecular complexity index is 1030. The molecule has 0 spiro atoms. The fraction of sp³-hybridized carbons (Fsp3) is 0.158. The lowest BCUT2D eigenvalue weighted by Crippen LogP contribution is -2.16. The zero-order valence-electron chi connectivity index (χ0n) is 14.2. The number of carbonyl (C=O) groups excluding carboxylic acids is 1. The molecule has 0 bridgehead atoms. The second kappa shape index (κ2) is 6.24. The lowest BCUT2D eigenvalue weighted by Gasteiger charge is -2.18. The van der Waals surface area contributed by atoms with Gasteiger partial charge in [0.25, 0.3) is 5.91 Å². The van der Waals surface area contributed by atoms with Gasteiger partial charge in [-0.05, 0) is 36.4 Å². The number of nitrogens with zero attached hydrogens (tertiary/aromatic N) is 1. The molecule has 0 radical (unpaired) electrons. The number of nitrogens with one attached hydrogen (secondary N) is 2. The highest BCUT2D eigenvalue weighted by atomic mass is 16.7. The number of carbonyl (C=O) groups is 1. The van der Waals surface area contributed by atoms with E-state index in [-0.39, 0.29) is 12.7 Å². The first-order valence-corrected chi connectivity index (χ1v) is 8.43. The van der Waals surface area contributed by atoms with Crippen LogP contribution >= 0.6 is 0 Å². The van der Waals surface area contributed by atoms with Crippen molar-refractivity contribution in [1.29, 1.82) is 0 Å². The van der Waals surface area contributed by atoms with Crippen molar-refractivity contribution in [2.75, 3.05) is 25.3 Å². The summed E-state index contributed by atoms with van der Waals surface area (Å²) in [5.74, 6) is 2.35. The van der Waals surface area contributed by atoms with E-state index in [4.69, 9.17) is 18.9 Å². The van der Waals surface area contributed by atoms with E-state index >= 15 is 0 Å². The molecule has 136 valence electrons. The summed E-state index contributed by atoms with van der Waals surface area (Å²) in [6.07, 6.45) is 0. The van der Waals surface area contributed by atoms with Gasteiger partial charge in [0.15, 0.2) is 23.0 Å². The number of hydrogen-bond donors (Lipinski definition) is 2. The van der Waals surface area contributed by atoms with Gasteiger partial charge in [0.2, 0.25) is 6.79 Å². The van der Waals surface area contributed by atoms with Gasteiger partial charge in [-0.2, -0.15) is 5.10 Å². The van der Waals surface area contributed by atoms with Gasteiger partial charge in [-0.25, -0.2) is 0 Å². The fourth-order valence-electron chi connectivity index (χ4n) is 2.96. The van der Waals surface area contributed by atoms with Crippen molar-refractivity contribution in [3.63, 3.8) is 0 Å². The van der Waals surface area contributed by atoms with Gasteiger partial charge in [-0.1, -0.05) is 0 Å². The minimum absolute atomic E-state index is 0.211. The first kappa shape index (κ1) is 15.6. The maximum absolute atomic E-state index is 12.5. The first-order valence-electron chi connectivity index (χ1n) is 8.43. The summed E-state index contributed by atoms with van der Waals surface area (Å²) < 4.78 is 21.7. The molecular formula is C19H15N3O5. The maximum Gasteiger partial charge on any atom is 0.273 e. The van der Waals surface area contributed by atoms with Crippen molar-refractivity contribution in [3.8, 4) is 34.3 Å². The summed E-state index contributed by atoms with van der Waals surface area (Å²) >= 11 is 0. The van der Waals surface area contributed by atoms with Crippen molar-refractivity contribution < 1.29 is 23.7 Å². The van der Waals surface area contributed by atoms with Crippen molar-refractivity contribution in [1.82, 2.24) is 10.2 Å². The second-order valence-corrected chi connectivity index (χ2v) is 6.05. The number of hydrogen-bond acceptors (Lipinski definition) is 6. The summed E-state index contributed by atoms with van der Waals surface area (Å²) in [6.45, 7) is 1.22. The molecule has 0 unspecified atom stereocenters. The Morgan fingerprint density at radius 3 is 2.56 bits per heavy atom. The van der Waals surface area contributed by atoms with Crippen LogP contribution in [0.25, 0.3) is 11.3 Å². The standard InChI is InChI=1S/C19H15N3O5/c23-19(20-12-2-4-15-18(8-12)25-6-5-24-15)14-9-13(21-22-14)11-1-3-16-17(7-11)27-10-26-16/h1-4,7-9H,5-6,10H2,(H,20,23)(H,21,22). The zero-order chi connectivity index (χ0) is 18.2. The van der Waals surface area contributed by atoms with Crippen LogP contribution in [0, 0.1) is 0 Å². The lowest BCUT2D eigenvalue weighted by molar-refractivity contribution is 0.102. The van der Waals surface area contributed by atoms with Gasteiger partial charge in [-0.15, -0.1) is 0 Å². The molecule has 0 saturated heterocycles. The molecule has 2 aliphatic heterocycles. The Labute approximate surface area is 154 Å². The number of benzene rings is 2. The van der Waals surface area contributed by atoms with Gasteiger partial charge < -0.3 is 24.3 Å². The highest BCUT2D eigenvalue weighted by molar-refractivity contribution is 6.03. The molecule has 3 aromatic rings. The Morgan fingerprint density at radius 1 is 0.889 bits per heavy atom. The third-order valence-electron chi connectivity index (χ3n) is 4.29. The molecule has 8 heteroatoms. The molecule has 0 atom stereocenters. The molecule has 2 aliphatic rings. The lowest BCUT2D eigenvalue weighted by atomic mass is 10.1. The van der Waals surface area contributed by atoms with Gasteiger partial charge in [0, 0.05) is 17.3 Å². The average Bonchev–Trinajstić information content (AvgIpc) is 3.37. The SMILES string of the molecule is O=C(Nc1ccc2c(c1)OCCO2)c1cc(-c2ccc3c(c2)OCO3)n[nH]1. The molecule has 0 aliphatic carbocycles. The van der Waals surface area contributed by atoms with Crippen LogP contribution in [0.5, 0.6) is 23.0 Å². The van der Waals surface area contributed by atoms with Gasteiger partial charge in [-0.3, -0.25) is 9.89 Å². The Hall–Kier alpha value is -3.68. The Morgan fingerprint density at radius 2 is 1.63 bits per heavy atom. The second-order valence-electron chi connectivity index (χ2n) is 6.05. The smallest absolute Gasteiger partial charge is 0.273 e. The summed E-state index contributed by atoms with van der Waals surface area (Å²) in [5, 5.41) is 9.81. The van der Waals surface area contributed by atoms with E-state index < -0.39 is 0 Å². The number of anilines is 1. The molecule has 2 N–H and O–H groups in total. The Balaban J connectivity index is 1.34. The van der Waals surface area contributed by atoms with Crippen LogP contribution < -0.4 is 24.3 Å². The normalized spacial score (nSPS) is 14.1. The number of amides is 1. The molecule has 2 aromatic carbocycles. The van der Waals surface area contributed by atoms with E-state index in [0.717, 1.165) is 5.56 Å². The molecule has 1 amide bonds. The van der Waals surface area contributed by atoms with Crippen molar-refractivity contribution in [3.05, 3.63) is 48.2 Å². The monoisotopic (exact) mass is 365 g/mol. The van der Waals surface area contributed by atoms with Gasteiger partial charge in [0.1, 0.15) is 18.9 Å². The van der Waals surface area contributed by atoms with Crippen LogP contribution in [-0.2, 0) is 0 Å². The molecule has 0 saturated carbocycles. The van der Waals surface area contributed by atoms with Gasteiger partial charge in [0.05, 0.1) is 5.69 Å². The van der Waals surface area contributed by atoms with Crippen LogP contribution in [0.3, 0.4) is 0 Å². The number of aromatic nitrogens is 2. The van der Waals surface area contributed by atoms with E-state index in [1.54, 1.807) is 24.3 Å². The summed E-state index contributed by atoms with van der Waals surface area (Å²) in [7, 11) is 0. The van der Waals surface area contributed by atoms with E-state index in [2.05, 4.69) is 15.5 Å². The molecule has 5 rings (SSSR count). The van der Waals surface area contributed by atoms with Crippen molar-refractivity contribution >= 4 is 11.6 Å². The van der Waals surface area contributed by atoms with Crippen LogP contribution in [0.4, 0.5) is 5.69 Å². The Kier molecular flexibility index (Phi) is 3.60. The van der Waals surface area contributed by atoms with Gasteiger partial charge >= 0.3 is 0 Å². The minimum atomic E-state index is -0.300. The summed E-state index contributed by atoms with van der Waals surface area (Å²) in [5.41, 5.74) is 2.43. The molecule has 1 aromatic heterocycles. The third kappa shape index (κ3) is 2.91. The predicted molar refractivity (Wildman–Crippen MR) is 95.5 cm³/mol. The predicted octanol–water partition coefficient (Wildman–Crippen LogP) is 2.83. The van der Waals surface area contributed by atoms with Crippen LogP contribution in [0.15, 0.2) is 42.5 Å². The molecular weight excluding hydrogens is 350 g/mol. The molecule has 3 heterocycles. The third-order valence-corrected chi connectivity index (χ3v) is 4.29. The number of aromatic amines is 1. The van der Waals surface area contributed by atoms with Crippen LogP contribution in [-0.4, -0.2) is 36.1 Å². The number of ether oxygens (including phenoxy) is 4. The summed E-state index contributed by atoms with van der Waals surface area (Å²) in [4.78, 5) is 12.5. The number of H-pyrrole nitrogens is 1. The number of fused-ring (bicyclic) bond motifs is 2.